The first kappa shape index (κ1) is 25.0. The monoisotopic (exact) mass is 528 g/mol. The Morgan fingerprint density at radius 2 is 1.64 bits per heavy atom. The molecule has 2 saturated heterocycles. The Balaban J connectivity index is 1.21. The van der Waals surface area contributed by atoms with Gasteiger partial charge in [0.25, 0.3) is 5.91 Å². The summed E-state index contributed by atoms with van der Waals surface area (Å²) in [7, 11) is -3.52. The van der Waals surface area contributed by atoms with Crippen LogP contribution in [0, 0.1) is 0 Å². The van der Waals surface area contributed by atoms with Gasteiger partial charge in [-0.15, -0.1) is 0 Å². The van der Waals surface area contributed by atoms with Crippen molar-refractivity contribution in [1.29, 1.82) is 0 Å². The molecular weight excluding hydrogens is 496 g/mol. The third-order valence-corrected chi connectivity index (χ3v) is 9.79. The van der Waals surface area contributed by atoms with E-state index in [1.807, 2.05) is 30.0 Å². The van der Waals surface area contributed by atoms with Gasteiger partial charge in [0.1, 0.15) is 5.75 Å². The van der Waals surface area contributed by atoms with Crippen LogP contribution in [0.25, 0.3) is 10.2 Å². The number of sulfonamides is 1. The summed E-state index contributed by atoms with van der Waals surface area (Å²) >= 11 is 1.64. The van der Waals surface area contributed by atoms with E-state index in [-0.39, 0.29) is 10.8 Å². The number of nitrogens with zero attached hydrogens (tertiary/aromatic N) is 4. The summed E-state index contributed by atoms with van der Waals surface area (Å²) in [5.74, 6) is 0.778. The number of fused-ring (bicyclic) bond motifs is 1. The lowest BCUT2D eigenvalue weighted by Crippen LogP contribution is -2.48. The first-order valence-corrected chi connectivity index (χ1v) is 14.9. The molecule has 5 rings (SSSR count). The Morgan fingerprint density at radius 1 is 0.944 bits per heavy atom. The van der Waals surface area contributed by atoms with Crippen molar-refractivity contribution in [3.63, 3.8) is 0 Å². The summed E-state index contributed by atoms with van der Waals surface area (Å²) < 4.78 is 34.3. The van der Waals surface area contributed by atoms with Crippen LogP contribution >= 0.6 is 11.3 Å². The fraction of sp³-hybridized carbons (Fsp3) is 0.462. The van der Waals surface area contributed by atoms with Crippen LogP contribution < -0.4 is 9.64 Å². The highest BCUT2D eigenvalue weighted by atomic mass is 32.2. The van der Waals surface area contributed by atoms with Crippen LogP contribution in [0.2, 0.25) is 0 Å². The van der Waals surface area contributed by atoms with Crippen molar-refractivity contribution in [2.24, 2.45) is 0 Å². The molecule has 3 heterocycles. The van der Waals surface area contributed by atoms with Gasteiger partial charge in [-0.25, -0.2) is 13.4 Å². The van der Waals surface area contributed by atoms with Crippen LogP contribution in [0.1, 0.15) is 43.0 Å². The van der Waals surface area contributed by atoms with Gasteiger partial charge in [0.05, 0.1) is 21.7 Å². The fourth-order valence-corrected chi connectivity index (χ4v) is 7.33. The quantitative estimate of drug-likeness (QED) is 0.476. The van der Waals surface area contributed by atoms with Crippen LogP contribution in [-0.2, 0) is 10.0 Å². The van der Waals surface area contributed by atoms with Crippen molar-refractivity contribution in [3.05, 3.63) is 48.0 Å². The number of ether oxygens (including phenoxy) is 1. The fourth-order valence-electron chi connectivity index (χ4n) is 4.77. The molecule has 2 aliphatic rings. The van der Waals surface area contributed by atoms with Gasteiger partial charge < -0.3 is 14.5 Å². The molecule has 1 aromatic heterocycles. The Labute approximate surface area is 216 Å². The third kappa shape index (κ3) is 5.21. The second-order valence-electron chi connectivity index (χ2n) is 9.18. The van der Waals surface area contributed by atoms with Gasteiger partial charge in [-0.1, -0.05) is 24.2 Å². The lowest BCUT2D eigenvalue weighted by Gasteiger charge is -2.34. The normalized spacial score (nSPS) is 17.8. The number of hydrogen-bond donors (Lipinski definition) is 0. The zero-order chi connectivity index (χ0) is 25.1. The Morgan fingerprint density at radius 3 is 2.31 bits per heavy atom. The second kappa shape index (κ2) is 10.7. The molecule has 0 saturated carbocycles. The van der Waals surface area contributed by atoms with Crippen molar-refractivity contribution in [2.45, 2.75) is 37.5 Å². The lowest BCUT2D eigenvalue weighted by atomic mass is 10.2. The van der Waals surface area contributed by atoms with Crippen molar-refractivity contribution in [3.8, 4) is 5.75 Å². The number of piperazine rings is 1. The summed E-state index contributed by atoms with van der Waals surface area (Å²) in [5.41, 5.74) is 1.47. The van der Waals surface area contributed by atoms with Gasteiger partial charge in [-0.3, -0.25) is 4.79 Å². The molecule has 0 atom stereocenters. The average molecular weight is 529 g/mol. The number of carbonyl (C=O) groups is 1. The molecular formula is C26H32N4O4S2. The van der Waals surface area contributed by atoms with E-state index in [1.165, 1.54) is 0 Å². The minimum absolute atomic E-state index is 0.0703. The van der Waals surface area contributed by atoms with Gasteiger partial charge >= 0.3 is 0 Å². The summed E-state index contributed by atoms with van der Waals surface area (Å²) in [6, 6.07) is 12.4. The van der Waals surface area contributed by atoms with Crippen LogP contribution in [0.3, 0.4) is 0 Å². The molecule has 0 aliphatic carbocycles. The number of thiazole rings is 1. The molecule has 0 bridgehead atoms. The number of amides is 1. The van der Waals surface area contributed by atoms with Crippen LogP contribution in [0.5, 0.6) is 5.75 Å². The molecule has 2 aliphatic heterocycles. The molecule has 3 aromatic rings. The van der Waals surface area contributed by atoms with Gasteiger partial charge in [0.2, 0.25) is 10.0 Å². The first-order chi connectivity index (χ1) is 17.5. The summed E-state index contributed by atoms with van der Waals surface area (Å²) in [6.45, 7) is 6.31. The minimum Gasteiger partial charge on any atom is -0.494 e. The largest absolute Gasteiger partial charge is 0.494 e. The van der Waals surface area contributed by atoms with Crippen LogP contribution in [0.4, 0.5) is 5.13 Å². The molecule has 192 valence electrons. The zero-order valence-electron chi connectivity index (χ0n) is 20.6. The van der Waals surface area contributed by atoms with E-state index in [1.54, 1.807) is 39.9 Å². The number of carbonyl (C=O) groups excluding carboxylic acids is 1. The highest BCUT2D eigenvalue weighted by Crippen LogP contribution is 2.32. The predicted octanol–water partition coefficient (Wildman–Crippen LogP) is 4.22. The van der Waals surface area contributed by atoms with E-state index in [4.69, 9.17) is 9.72 Å². The molecule has 0 unspecified atom stereocenters. The van der Waals surface area contributed by atoms with Crippen LogP contribution in [0.15, 0.2) is 47.4 Å². The first-order valence-electron chi connectivity index (χ1n) is 12.6. The maximum Gasteiger partial charge on any atom is 0.253 e. The predicted molar refractivity (Wildman–Crippen MR) is 143 cm³/mol. The van der Waals surface area contributed by atoms with E-state index >= 15 is 0 Å². The number of anilines is 1. The summed E-state index contributed by atoms with van der Waals surface area (Å²) in [5, 5.41) is 0.953. The Hall–Kier alpha value is -2.69. The van der Waals surface area contributed by atoms with Gasteiger partial charge in [0.15, 0.2) is 5.13 Å². The van der Waals surface area contributed by atoms with E-state index in [0.29, 0.717) is 51.4 Å². The topological polar surface area (TPSA) is 83.0 Å². The number of hydrogen-bond acceptors (Lipinski definition) is 7. The number of aromatic nitrogens is 1. The van der Waals surface area contributed by atoms with Gasteiger partial charge in [-0.05, 0) is 62.2 Å². The van der Waals surface area contributed by atoms with E-state index < -0.39 is 10.0 Å². The SMILES string of the molecule is CCOc1ccc2nc(N3CCN(C(=O)c4ccc(S(=O)(=O)N5CCCCCC5)cc4)CC3)sc2c1. The summed E-state index contributed by atoms with van der Waals surface area (Å²) in [4.78, 5) is 22.2. The van der Waals surface area contributed by atoms with E-state index in [0.717, 1.165) is 46.8 Å². The molecule has 0 N–H and O–H groups in total. The van der Waals surface area contributed by atoms with Crippen molar-refractivity contribution >= 4 is 42.6 Å². The molecule has 36 heavy (non-hydrogen) atoms. The Bertz CT molecular complexity index is 1310. The molecule has 10 heteroatoms. The van der Waals surface area contributed by atoms with Crippen molar-refractivity contribution in [1.82, 2.24) is 14.2 Å². The molecule has 2 aromatic carbocycles. The summed E-state index contributed by atoms with van der Waals surface area (Å²) in [6.07, 6.45) is 3.93. The standard InChI is InChI=1S/C26H32N4O4S2/c1-2-34-21-9-12-23-24(19-21)35-26(27-23)29-17-15-28(16-18-29)25(31)20-7-10-22(11-8-20)36(32,33)30-13-5-3-4-6-14-30/h7-12,19H,2-6,13-18H2,1H3. The van der Waals surface area contributed by atoms with Crippen molar-refractivity contribution in [2.75, 3.05) is 50.8 Å². The third-order valence-electron chi connectivity index (χ3n) is 6.80. The second-order valence-corrected chi connectivity index (χ2v) is 12.1. The highest BCUT2D eigenvalue weighted by molar-refractivity contribution is 7.89. The maximum atomic E-state index is 13.1. The van der Waals surface area contributed by atoms with Crippen molar-refractivity contribution < 1.29 is 17.9 Å². The molecule has 1 amide bonds. The number of rotatable bonds is 6. The van der Waals surface area contributed by atoms with Gasteiger partial charge in [0, 0.05) is 44.8 Å². The minimum atomic E-state index is -3.52. The van der Waals surface area contributed by atoms with Crippen LogP contribution in [-0.4, -0.2) is 74.4 Å². The van der Waals surface area contributed by atoms with Gasteiger partial charge in [-0.2, -0.15) is 4.31 Å². The zero-order valence-corrected chi connectivity index (χ0v) is 22.2. The molecule has 0 radical (unpaired) electrons. The molecule has 2 fully saturated rings. The van der Waals surface area contributed by atoms with E-state index in [2.05, 4.69) is 4.90 Å². The van der Waals surface area contributed by atoms with E-state index in [9.17, 15) is 13.2 Å². The maximum absolute atomic E-state index is 13.1. The Kier molecular flexibility index (Phi) is 7.45. The lowest BCUT2D eigenvalue weighted by molar-refractivity contribution is 0.0746. The average Bonchev–Trinajstić information content (AvgIpc) is 3.12. The smallest absolute Gasteiger partial charge is 0.253 e. The molecule has 8 nitrogen and oxygen atoms in total. The molecule has 0 spiro atoms. The highest BCUT2D eigenvalue weighted by Gasteiger charge is 2.27. The number of benzene rings is 2.